The molecule has 1 fully saturated rings. The number of ether oxygens (including phenoxy) is 1. The van der Waals surface area contributed by atoms with Gasteiger partial charge in [0.2, 0.25) is 0 Å². The molecule has 2 heterocycles. The molecule has 16 heavy (non-hydrogen) atoms. The van der Waals surface area contributed by atoms with Gasteiger partial charge in [-0.2, -0.15) is 10.1 Å². The molecule has 1 aliphatic heterocycles. The van der Waals surface area contributed by atoms with E-state index < -0.39 is 11.0 Å². The maximum absolute atomic E-state index is 11.0. The van der Waals surface area contributed by atoms with Gasteiger partial charge < -0.3 is 14.9 Å². The van der Waals surface area contributed by atoms with Crippen LogP contribution in [0.5, 0.6) is 0 Å². The average molecular weight is 224 g/mol. The zero-order valence-electron chi connectivity index (χ0n) is 8.12. The number of aromatic amines is 1. The Morgan fingerprint density at radius 2 is 2.44 bits per heavy atom. The van der Waals surface area contributed by atoms with Crippen LogP contribution in [0.25, 0.3) is 0 Å². The SMILES string of the molecule is O=C1OCCN1N=Cc1ccc([N+](=O)[O-])[nH]1. The average Bonchev–Trinajstić information content (AvgIpc) is 2.83. The fraction of sp³-hybridized carbons (Fsp3) is 0.250. The maximum Gasteiger partial charge on any atom is 0.430 e. The second kappa shape index (κ2) is 4.01. The fourth-order valence-electron chi connectivity index (χ4n) is 1.20. The quantitative estimate of drug-likeness (QED) is 0.464. The monoisotopic (exact) mass is 224 g/mol. The van der Waals surface area contributed by atoms with Crippen LogP contribution in [0.2, 0.25) is 0 Å². The number of carbonyl (C=O) groups excluding carboxylic acids is 1. The second-order valence-corrected chi connectivity index (χ2v) is 3.04. The third-order valence-electron chi connectivity index (χ3n) is 1.97. The molecule has 1 aliphatic rings. The van der Waals surface area contributed by atoms with Gasteiger partial charge in [0.1, 0.15) is 12.3 Å². The number of hydrogen-bond acceptors (Lipinski definition) is 5. The maximum atomic E-state index is 11.0. The third-order valence-corrected chi connectivity index (χ3v) is 1.97. The normalized spacial score (nSPS) is 15.8. The number of carbonyl (C=O) groups is 1. The van der Waals surface area contributed by atoms with Gasteiger partial charge in [-0.1, -0.05) is 0 Å². The van der Waals surface area contributed by atoms with Crippen molar-refractivity contribution in [2.75, 3.05) is 13.2 Å². The summed E-state index contributed by atoms with van der Waals surface area (Å²) in [6.45, 7) is 0.694. The summed E-state index contributed by atoms with van der Waals surface area (Å²) >= 11 is 0. The number of aromatic nitrogens is 1. The van der Waals surface area contributed by atoms with Crippen molar-refractivity contribution >= 4 is 18.1 Å². The lowest BCUT2D eigenvalue weighted by atomic mass is 10.5. The zero-order chi connectivity index (χ0) is 11.5. The van der Waals surface area contributed by atoms with Crippen LogP contribution in [0.15, 0.2) is 17.2 Å². The molecule has 8 heteroatoms. The van der Waals surface area contributed by atoms with Gasteiger partial charge in [-0.15, -0.1) is 0 Å². The van der Waals surface area contributed by atoms with Gasteiger partial charge in [-0.25, -0.2) is 9.78 Å². The molecule has 1 aromatic rings. The Hall–Kier alpha value is -2.38. The van der Waals surface area contributed by atoms with Gasteiger partial charge in [0.15, 0.2) is 0 Å². The Balaban J connectivity index is 2.05. The number of nitrogens with zero attached hydrogens (tertiary/aromatic N) is 3. The number of hydrazone groups is 1. The topological polar surface area (TPSA) is 101 Å². The summed E-state index contributed by atoms with van der Waals surface area (Å²) in [5.74, 6) is -0.120. The van der Waals surface area contributed by atoms with Crippen LogP contribution in [-0.4, -0.2) is 40.4 Å². The summed E-state index contributed by atoms with van der Waals surface area (Å²) in [7, 11) is 0. The largest absolute Gasteiger partial charge is 0.446 e. The summed E-state index contributed by atoms with van der Waals surface area (Å²) in [6, 6.07) is 2.83. The van der Waals surface area contributed by atoms with E-state index in [2.05, 4.69) is 14.8 Å². The molecule has 0 saturated carbocycles. The zero-order valence-corrected chi connectivity index (χ0v) is 8.12. The van der Waals surface area contributed by atoms with Crippen LogP contribution in [0.4, 0.5) is 10.6 Å². The number of H-pyrrole nitrogens is 1. The van der Waals surface area contributed by atoms with Crippen molar-refractivity contribution in [3.05, 3.63) is 27.9 Å². The van der Waals surface area contributed by atoms with E-state index in [0.29, 0.717) is 18.8 Å². The highest BCUT2D eigenvalue weighted by Gasteiger charge is 2.20. The van der Waals surface area contributed by atoms with Crippen molar-refractivity contribution in [3.63, 3.8) is 0 Å². The molecule has 84 valence electrons. The van der Waals surface area contributed by atoms with Crippen LogP contribution in [0.3, 0.4) is 0 Å². The molecule has 0 radical (unpaired) electrons. The molecule has 0 unspecified atom stereocenters. The fourth-order valence-corrected chi connectivity index (χ4v) is 1.20. The molecule has 2 rings (SSSR count). The Morgan fingerprint density at radius 1 is 1.62 bits per heavy atom. The van der Waals surface area contributed by atoms with Gasteiger partial charge in [0, 0.05) is 6.07 Å². The molecule has 0 aromatic carbocycles. The van der Waals surface area contributed by atoms with Crippen LogP contribution < -0.4 is 0 Å². The molecule has 1 saturated heterocycles. The van der Waals surface area contributed by atoms with Crippen LogP contribution in [0, 0.1) is 10.1 Å². The summed E-state index contributed by atoms with van der Waals surface area (Å²) in [4.78, 5) is 23.3. The van der Waals surface area contributed by atoms with Crippen molar-refractivity contribution in [3.8, 4) is 0 Å². The van der Waals surface area contributed by atoms with Gasteiger partial charge in [0.05, 0.1) is 12.8 Å². The highest BCUT2D eigenvalue weighted by Crippen LogP contribution is 2.09. The third kappa shape index (κ3) is 2.00. The second-order valence-electron chi connectivity index (χ2n) is 3.04. The number of rotatable bonds is 3. The first-order valence-electron chi connectivity index (χ1n) is 4.48. The molecule has 8 nitrogen and oxygen atoms in total. The molecule has 0 bridgehead atoms. The number of amides is 1. The molecular weight excluding hydrogens is 216 g/mol. The van der Waals surface area contributed by atoms with Gasteiger partial charge in [-0.3, -0.25) is 0 Å². The Bertz CT molecular complexity index is 453. The lowest BCUT2D eigenvalue weighted by Crippen LogP contribution is -2.17. The van der Waals surface area contributed by atoms with E-state index in [0.717, 1.165) is 5.01 Å². The van der Waals surface area contributed by atoms with E-state index in [1.54, 1.807) is 0 Å². The van der Waals surface area contributed by atoms with E-state index in [1.807, 2.05) is 0 Å². The minimum atomic E-state index is -0.540. The van der Waals surface area contributed by atoms with Crippen LogP contribution in [-0.2, 0) is 4.74 Å². The van der Waals surface area contributed by atoms with Crippen molar-refractivity contribution in [1.82, 2.24) is 9.99 Å². The first kappa shape index (κ1) is 10.1. The predicted octanol–water partition coefficient (Wildman–Crippen LogP) is 0.709. The van der Waals surface area contributed by atoms with Crippen molar-refractivity contribution in [2.24, 2.45) is 5.10 Å². The minimum Gasteiger partial charge on any atom is -0.446 e. The molecule has 1 N–H and O–H groups in total. The van der Waals surface area contributed by atoms with E-state index in [9.17, 15) is 14.9 Å². The number of hydrogen-bond donors (Lipinski definition) is 1. The predicted molar refractivity (Wildman–Crippen MR) is 53.1 cm³/mol. The minimum absolute atomic E-state index is 0.120. The molecule has 1 aromatic heterocycles. The van der Waals surface area contributed by atoms with E-state index in [-0.39, 0.29) is 5.82 Å². The highest BCUT2D eigenvalue weighted by atomic mass is 16.6. The Kier molecular flexibility index (Phi) is 2.54. The first-order valence-corrected chi connectivity index (χ1v) is 4.48. The summed E-state index contributed by atoms with van der Waals surface area (Å²) in [6.07, 6.45) is 0.817. The van der Waals surface area contributed by atoms with Crippen molar-refractivity contribution in [1.29, 1.82) is 0 Å². The summed E-state index contributed by atoms with van der Waals surface area (Å²) < 4.78 is 4.65. The smallest absolute Gasteiger partial charge is 0.430 e. The molecule has 0 aliphatic carbocycles. The number of nitro groups is 1. The van der Waals surface area contributed by atoms with Crippen molar-refractivity contribution < 1.29 is 14.5 Å². The van der Waals surface area contributed by atoms with Crippen LogP contribution >= 0.6 is 0 Å². The number of nitrogens with one attached hydrogen (secondary N) is 1. The van der Waals surface area contributed by atoms with E-state index in [4.69, 9.17) is 0 Å². The lowest BCUT2D eigenvalue weighted by Gasteiger charge is -2.01. The highest BCUT2D eigenvalue weighted by molar-refractivity contribution is 5.79. The molecule has 0 spiro atoms. The molecular formula is C8H8N4O4. The summed E-state index contributed by atoms with van der Waals surface area (Å²) in [5, 5.41) is 15.3. The molecule has 0 atom stereocenters. The standard InChI is InChI=1S/C8H8N4O4/c13-8-11(3-4-16-8)9-5-6-1-2-7(10-6)12(14)15/h1-2,5,10H,3-4H2. The molecule has 1 amide bonds. The van der Waals surface area contributed by atoms with Crippen molar-refractivity contribution in [2.45, 2.75) is 0 Å². The van der Waals surface area contributed by atoms with Gasteiger partial charge in [0.25, 0.3) is 0 Å². The Morgan fingerprint density at radius 3 is 3.00 bits per heavy atom. The van der Waals surface area contributed by atoms with Crippen LogP contribution in [0.1, 0.15) is 5.69 Å². The van der Waals surface area contributed by atoms with E-state index >= 15 is 0 Å². The van der Waals surface area contributed by atoms with E-state index in [1.165, 1.54) is 18.3 Å². The number of cyclic esters (lactones) is 1. The van der Waals surface area contributed by atoms with Gasteiger partial charge >= 0.3 is 11.9 Å². The van der Waals surface area contributed by atoms with Gasteiger partial charge in [-0.05, 0) is 11.0 Å². The Labute approximate surface area is 89.6 Å². The lowest BCUT2D eigenvalue weighted by molar-refractivity contribution is -0.389. The first-order chi connectivity index (χ1) is 7.66. The summed E-state index contributed by atoms with van der Waals surface area (Å²) in [5.41, 5.74) is 0.450.